The number of hydrogen-bond donors (Lipinski definition) is 0. The molecule has 0 aliphatic heterocycles. The second kappa shape index (κ2) is 5.26. The molecule has 2 rings (SSSR count). The predicted octanol–water partition coefficient (Wildman–Crippen LogP) is 4.34. The van der Waals surface area contributed by atoms with Crippen molar-refractivity contribution < 1.29 is 0 Å². The fourth-order valence-electron chi connectivity index (χ4n) is 2.43. The summed E-state index contributed by atoms with van der Waals surface area (Å²) in [5, 5.41) is 0. The lowest BCUT2D eigenvalue weighted by molar-refractivity contribution is 0.320. The molecule has 0 aromatic rings. The van der Waals surface area contributed by atoms with Crippen LogP contribution in [0.15, 0.2) is 23.8 Å². The van der Waals surface area contributed by atoms with Crippen molar-refractivity contribution in [3.8, 4) is 0 Å². The molecule has 0 nitrogen and oxygen atoms in total. The van der Waals surface area contributed by atoms with Crippen molar-refractivity contribution in [2.45, 2.75) is 46.5 Å². The molecule has 1 saturated carbocycles. The molecule has 2 aliphatic carbocycles. The van der Waals surface area contributed by atoms with Crippen LogP contribution in [0.3, 0.4) is 0 Å². The van der Waals surface area contributed by atoms with Crippen LogP contribution >= 0.6 is 0 Å². The largest absolute Gasteiger partial charge is 0.0808 e. The van der Waals surface area contributed by atoms with Gasteiger partial charge in [0.25, 0.3) is 0 Å². The fraction of sp³-hybridized carbons (Fsp3) is 0.692. The van der Waals surface area contributed by atoms with Crippen molar-refractivity contribution in [2.75, 3.05) is 0 Å². The van der Waals surface area contributed by atoms with E-state index in [0.717, 1.165) is 11.8 Å². The Hall–Kier alpha value is -0.520. The minimum absolute atomic E-state index is 0.883. The lowest BCUT2D eigenvalue weighted by Crippen LogP contribution is -2.20. The molecule has 0 aromatic carbocycles. The van der Waals surface area contributed by atoms with Crippen LogP contribution in [-0.4, -0.2) is 0 Å². The summed E-state index contributed by atoms with van der Waals surface area (Å²) in [6.07, 6.45) is 12.7. The molecule has 0 saturated heterocycles. The van der Waals surface area contributed by atoms with Crippen LogP contribution in [0, 0.1) is 11.8 Å². The van der Waals surface area contributed by atoms with Crippen LogP contribution < -0.4 is 0 Å². The third kappa shape index (κ3) is 2.46. The van der Waals surface area contributed by atoms with Crippen molar-refractivity contribution >= 4 is 0 Å². The predicted molar refractivity (Wildman–Crippen MR) is 59.7 cm³/mol. The van der Waals surface area contributed by atoms with E-state index in [9.17, 15) is 0 Å². The molecule has 13 heavy (non-hydrogen) atoms. The molecule has 0 heteroatoms. The molecule has 2 unspecified atom stereocenters. The van der Waals surface area contributed by atoms with Gasteiger partial charge >= 0.3 is 0 Å². The summed E-state index contributed by atoms with van der Waals surface area (Å²) in [6.45, 7) is 6.28. The fourth-order valence-corrected chi connectivity index (χ4v) is 2.43. The molecule has 0 N–H and O–H groups in total. The van der Waals surface area contributed by atoms with Crippen LogP contribution in [0.1, 0.15) is 46.5 Å². The van der Waals surface area contributed by atoms with Gasteiger partial charge in [-0.2, -0.15) is 0 Å². The highest BCUT2D eigenvalue weighted by atomic mass is 14.3. The van der Waals surface area contributed by atoms with Crippen molar-refractivity contribution in [3.63, 3.8) is 0 Å². The van der Waals surface area contributed by atoms with Crippen LogP contribution in [-0.2, 0) is 0 Å². The smallest absolute Gasteiger partial charge is 0.0140 e. The molecule has 0 heterocycles. The molecule has 0 spiro atoms. The van der Waals surface area contributed by atoms with Crippen molar-refractivity contribution in [2.24, 2.45) is 11.8 Å². The Morgan fingerprint density at radius 2 is 1.85 bits per heavy atom. The Labute approximate surface area is 82.7 Å². The van der Waals surface area contributed by atoms with Gasteiger partial charge < -0.3 is 0 Å². The molecular formula is C13H22. The summed E-state index contributed by atoms with van der Waals surface area (Å²) in [4.78, 5) is 0. The van der Waals surface area contributed by atoms with Crippen LogP contribution in [0.2, 0.25) is 0 Å². The Bertz CT molecular complexity index is 198. The van der Waals surface area contributed by atoms with Gasteiger partial charge in [-0.25, -0.2) is 0 Å². The highest BCUT2D eigenvalue weighted by molar-refractivity contribution is 5.22. The molecule has 0 aromatic heterocycles. The third-order valence-electron chi connectivity index (χ3n) is 3.12. The van der Waals surface area contributed by atoms with Gasteiger partial charge in [0.1, 0.15) is 0 Å². The Balaban J connectivity index is 0.000000396. The summed E-state index contributed by atoms with van der Waals surface area (Å²) >= 11 is 0. The molecule has 2 aliphatic rings. The number of allylic oxidation sites excluding steroid dienone is 4. The van der Waals surface area contributed by atoms with E-state index in [1.54, 1.807) is 5.57 Å². The normalized spacial score (nSPS) is 31.2. The summed E-state index contributed by atoms with van der Waals surface area (Å²) in [5.74, 6) is 1.78. The topological polar surface area (TPSA) is 0 Å². The quantitative estimate of drug-likeness (QED) is 0.518. The molecule has 0 bridgehead atoms. The van der Waals surface area contributed by atoms with Gasteiger partial charge in [0.15, 0.2) is 0 Å². The highest BCUT2D eigenvalue weighted by Crippen LogP contribution is 2.37. The van der Waals surface area contributed by atoms with Crippen molar-refractivity contribution in [3.05, 3.63) is 23.8 Å². The first kappa shape index (κ1) is 10.6. The zero-order valence-corrected chi connectivity index (χ0v) is 9.22. The van der Waals surface area contributed by atoms with E-state index in [-0.39, 0.29) is 0 Å². The molecule has 74 valence electrons. The van der Waals surface area contributed by atoms with Gasteiger partial charge in [-0.1, -0.05) is 50.5 Å². The van der Waals surface area contributed by atoms with Crippen molar-refractivity contribution in [1.82, 2.24) is 0 Å². The van der Waals surface area contributed by atoms with Gasteiger partial charge in [-0.15, -0.1) is 0 Å². The van der Waals surface area contributed by atoms with E-state index in [0.29, 0.717) is 0 Å². The molecule has 2 atom stereocenters. The van der Waals surface area contributed by atoms with E-state index >= 15 is 0 Å². The van der Waals surface area contributed by atoms with Gasteiger partial charge in [0, 0.05) is 0 Å². The van der Waals surface area contributed by atoms with Crippen LogP contribution in [0.25, 0.3) is 0 Å². The molecule has 1 fully saturated rings. The Kier molecular flexibility index (Phi) is 4.27. The van der Waals surface area contributed by atoms with E-state index in [1.807, 2.05) is 13.8 Å². The zero-order valence-electron chi connectivity index (χ0n) is 9.22. The summed E-state index contributed by atoms with van der Waals surface area (Å²) in [7, 11) is 0. The number of rotatable bonds is 0. The first-order valence-corrected chi connectivity index (χ1v) is 5.73. The summed E-state index contributed by atoms with van der Waals surface area (Å²) in [6, 6.07) is 0. The van der Waals surface area contributed by atoms with E-state index in [1.165, 1.54) is 25.7 Å². The van der Waals surface area contributed by atoms with Gasteiger partial charge in [-0.3, -0.25) is 0 Å². The second-order valence-corrected chi connectivity index (χ2v) is 3.85. The summed E-state index contributed by atoms with van der Waals surface area (Å²) in [5.41, 5.74) is 1.61. The zero-order chi connectivity index (χ0) is 9.68. The number of fused-ring (bicyclic) bond motifs is 1. The standard InChI is InChI=1S/C11H16.C2H6/c1-9-5-4-7-10-6-2-3-8-11(9)10;1-2/h4-5,7,10-11H,2-3,6,8H2,1H3;1-2H3. The molecule has 0 amide bonds. The Morgan fingerprint density at radius 3 is 2.54 bits per heavy atom. The van der Waals surface area contributed by atoms with E-state index in [4.69, 9.17) is 0 Å². The SMILES string of the molecule is CC.CC1=CC=CC2CCCCC12. The van der Waals surface area contributed by atoms with E-state index < -0.39 is 0 Å². The van der Waals surface area contributed by atoms with Gasteiger partial charge in [0.05, 0.1) is 0 Å². The average Bonchev–Trinajstić information content (AvgIpc) is 2.22. The maximum absolute atomic E-state index is 2.40. The number of hydrogen-bond acceptors (Lipinski definition) is 0. The highest BCUT2D eigenvalue weighted by Gasteiger charge is 2.25. The van der Waals surface area contributed by atoms with Gasteiger partial charge in [-0.05, 0) is 31.6 Å². The maximum Gasteiger partial charge on any atom is -0.0140 e. The average molecular weight is 178 g/mol. The molecule has 0 radical (unpaired) electrons. The first-order chi connectivity index (χ1) is 6.38. The second-order valence-electron chi connectivity index (χ2n) is 3.85. The van der Waals surface area contributed by atoms with Crippen LogP contribution in [0.4, 0.5) is 0 Å². The Morgan fingerprint density at radius 1 is 1.15 bits per heavy atom. The minimum atomic E-state index is 0.883. The third-order valence-corrected chi connectivity index (χ3v) is 3.12. The lowest BCUT2D eigenvalue weighted by Gasteiger charge is -2.32. The van der Waals surface area contributed by atoms with Crippen LogP contribution in [0.5, 0.6) is 0 Å². The molecular weight excluding hydrogens is 156 g/mol. The lowest BCUT2D eigenvalue weighted by atomic mass is 9.73. The minimum Gasteiger partial charge on any atom is -0.0808 e. The van der Waals surface area contributed by atoms with Crippen molar-refractivity contribution in [1.29, 1.82) is 0 Å². The monoisotopic (exact) mass is 178 g/mol. The van der Waals surface area contributed by atoms with Gasteiger partial charge in [0.2, 0.25) is 0 Å². The van der Waals surface area contributed by atoms with E-state index in [2.05, 4.69) is 25.2 Å². The maximum atomic E-state index is 2.40. The summed E-state index contributed by atoms with van der Waals surface area (Å²) < 4.78 is 0. The first-order valence-electron chi connectivity index (χ1n) is 5.73.